The minimum Gasteiger partial charge on any atom is -0.364 e. The average molecular weight is 252 g/mol. The molecule has 1 aromatic carbocycles. The molecule has 0 atom stereocenters. The van der Waals surface area contributed by atoms with Gasteiger partial charge in [-0.25, -0.2) is 9.59 Å². The van der Waals surface area contributed by atoms with E-state index >= 15 is 0 Å². The van der Waals surface area contributed by atoms with Gasteiger partial charge in [-0.1, -0.05) is 12.1 Å². The van der Waals surface area contributed by atoms with Gasteiger partial charge in [0.1, 0.15) is 0 Å². The first-order valence-electron chi connectivity index (χ1n) is 5.30. The summed E-state index contributed by atoms with van der Waals surface area (Å²) in [5.74, 6) is -1.21. The highest BCUT2D eigenvalue weighted by molar-refractivity contribution is 6.02. The first-order chi connectivity index (χ1) is 8.41. The van der Waals surface area contributed by atoms with Gasteiger partial charge >= 0.3 is 11.9 Å². The van der Waals surface area contributed by atoms with Crippen LogP contribution >= 0.6 is 0 Å². The predicted octanol–water partition coefficient (Wildman–Crippen LogP) is 0.953. The molecule has 0 aliphatic carbocycles. The number of benzene rings is 1. The van der Waals surface area contributed by atoms with Crippen molar-refractivity contribution in [1.82, 2.24) is 10.1 Å². The normalized spacial score (nSPS) is 10.6. The lowest BCUT2D eigenvalue weighted by Crippen LogP contribution is -2.23. The van der Waals surface area contributed by atoms with Gasteiger partial charge in [0.25, 0.3) is 0 Å². The fourth-order valence-corrected chi connectivity index (χ4v) is 1.27. The average Bonchev–Trinajstić information content (AvgIpc) is 2.27. The molecular formula is C12H16N2O4. The second kappa shape index (κ2) is 6.13. The molecule has 0 aliphatic heterocycles. The Morgan fingerprint density at radius 1 is 0.833 bits per heavy atom. The van der Waals surface area contributed by atoms with Crippen LogP contribution in [-0.2, 0) is 9.68 Å². The molecule has 6 nitrogen and oxygen atoms in total. The highest BCUT2D eigenvalue weighted by Crippen LogP contribution is 2.12. The smallest absolute Gasteiger partial charge is 0.357 e. The zero-order valence-corrected chi connectivity index (χ0v) is 10.8. The lowest BCUT2D eigenvalue weighted by Gasteiger charge is -2.14. The lowest BCUT2D eigenvalue weighted by atomic mass is 10.1. The van der Waals surface area contributed by atoms with E-state index in [0.717, 1.165) is 0 Å². The molecule has 0 bridgehead atoms. The van der Waals surface area contributed by atoms with E-state index < -0.39 is 11.9 Å². The van der Waals surface area contributed by atoms with Gasteiger partial charge in [0.05, 0.1) is 11.1 Å². The number of carbonyl (C=O) groups excluding carboxylic acids is 2. The summed E-state index contributed by atoms with van der Waals surface area (Å²) in [5, 5.41) is 2.52. The zero-order chi connectivity index (χ0) is 13.7. The molecule has 1 rings (SSSR count). The second-order valence-electron chi connectivity index (χ2n) is 3.93. The third kappa shape index (κ3) is 3.83. The summed E-state index contributed by atoms with van der Waals surface area (Å²) >= 11 is 0. The molecule has 98 valence electrons. The van der Waals surface area contributed by atoms with Crippen molar-refractivity contribution < 1.29 is 19.3 Å². The Balaban J connectivity index is 2.99. The Kier molecular flexibility index (Phi) is 4.82. The van der Waals surface area contributed by atoms with Gasteiger partial charge in [-0.2, -0.15) is 0 Å². The lowest BCUT2D eigenvalue weighted by molar-refractivity contribution is -0.0751. The summed E-state index contributed by atoms with van der Waals surface area (Å²) in [6.07, 6.45) is 0. The molecule has 0 amide bonds. The first-order valence-corrected chi connectivity index (χ1v) is 5.30. The van der Waals surface area contributed by atoms with Crippen molar-refractivity contribution >= 4 is 11.9 Å². The minimum absolute atomic E-state index is 0.165. The maximum atomic E-state index is 11.8. The Morgan fingerprint density at radius 3 is 1.44 bits per heavy atom. The van der Waals surface area contributed by atoms with Crippen LogP contribution in [0.1, 0.15) is 20.7 Å². The van der Waals surface area contributed by atoms with Gasteiger partial charge < -0.3 is 9.68 Å². The molecule has 18 heavy (non-hydrogen) atoms. The summed E-state index contributed by atoms with van der Waals surface area (Å²) in [4.78, 5) is 33.4. The Morgan fingerprint density at radius 2 is 1.17 bits per heavy atom. The monoisotopic (exact) mass is 252 g/mol. The van der Waals surface area contributed by atoms with E-state index in [9.17, 15) is 9.59 Å². The molecule has 6 heteroatoms. The van der Waals surface area contributed by atoms with E-state index in [0.29, 0.717) is 0 Å². The summed E-state index contributed by atoms with van der Waals surface area (Å²) in [6.45, 7) is 0. The summed E-state index contributed by atoms with van der Waals surface area (Å²) in [5.41, 5.74) is 0.330. The predicted molar refractivity (Wildman–Crippen MR) is 64.6 cm³/mol. The fraction of sp³-hybridized carbons (Fsp3) is 0.333. The van der Waals surface area contributed by atoms with Crippen molar-refractivity contribution in [2.24, 2.45) is 0 Å². The molecule has 1 aromatic rings. The fourth-order valence-electron chi connectivity index (χ4n) is 1.27. The van der Waals surface area contributed by atoms with E-state index in [4.69, 9.17) is 9.68 Å². The van der Waals surface area contributed by atoms with Gasteiger partial charge in [-0.3, -0.25) is 0 Å². The van der Waals surface area contributed by atoms with E-state index in [1.807, 2.05) is 0 Å². The standard InChI is InChI=1S/C12H16N2O4/c1-13(2)17-11(15)9-7-5-6-8-10(9)12(16)18-14(3)4/h5-8H,1-4H3. The molecule has 0 spiro atoms. The maximum Gasteiger partial charge on any atom is 0.357 e. The van der Waals surface area contributed by atoms with E-state index in [2.05, 4.69) is 0 Å². The topological polar surface area (TPSA) is 59.1 Å². The van der Waals surface area contributed by atoms with E-state index in [1.54, 1.807) is 40.3 Å². The molecule has 0 unspecified atom stereocenters. The van der Waals surface area contributed by atoms with Gasteiger partial charge in [-0.15, -0.1) is 10.1 Å². The molecule has 0 saturated heterocycles. The molecule has 0 radical (unpaired) electrons. The van der Waals surface area contributed by atoms with E-state index in [1.165, 1.54) is 22.3 Å². The number of hydrogen-bond donors (Lipinski definition) is 0. The highest BCUT2D eigenvalue weighted by atomic mass is 16.7. The number of carbonyl (C=O) groups is 2. The first kappa shape index (κ1) is 14.1. The number of nitrogens with zero attached hydrogens (tertiary/aromatic N) is 2. The highest BCUT2D eigenvalue weighted by Gasteiger charge is 2.20. The van der Waals surface area contributed by atoms with Crippen LogP contribution < -0.4 is 0 Å². The van der Waals surface area contributed by atoms with Crippen molar-refractivity contribution in [3.63, 3.8) is 0 Å². The van der Waals surface area contributed by atoms with Crippen molar-refractivity contribution in [3.05, 3.63) is 35.4 Å². The second-order valence-corrected chi connectivity index (χ2v) is 3.93. The summed E-state index contributed by atoms with van der Waals surface area (Å²) in [6, 6.07) is 6.33. The Hall–Kier alpha value is -1.92. The number of hydroxylamine groups is 4. The third-order valence-corrected chi connectivity index (χ3v) is 1.90. The van der Waals surface area contributed by atoms with E-state index in [-0.39, 0.29) is 11.1 Å². The largest absolute Gasteiger partial charge is 0.364 e. The molecular weight excluding hydrogens is 236 g/mol. The Bertz CT molecular complexity index is 402. The van der Waals surface area contributed by atoms with Crippen LogP contribution in [0.25, 0.3) is 0 Å². The molecule has 0 aromatic heterocycles. The molecule has 0 heterocycles. The molecule has 0 saturated carbocycles. The van der Waals surface area contributed by atoms with Crippen LogP contribution in [0.4, 0.5) is 0 Å². The van der Waals surface area contributed by atoms with Crippen molar-refractivity contribution in [3.8, 4) is 0 Å². The molecule has 0 N–H and O–H groups in total. The number of hydrogen-bond acceptors (Lipinski definition) is 6. The van der Waals surface area contributed by atoms with Gasteiger partial charge in [-0.05, 0) is 12.1 Å². The Labute approximate surface area is 106 Å². The van der Waals surface area contributed by atoms with Gasteiger partial charge in [0.15, 0.2) is 0 Å². The maximum absolute atomic E-state index is 11.8. The zero-order valence-electron chi connectivity index (χ0n) is 10.8. The number of rotatable bonds is 4. The van der Waals surface area contributed by atoms with Gasteiger partial charge in [0.2, 0.25) is 0 Å². The van der Waals surface area contributed by atoms with Crippen LogP contribution in [0, 0.1) is 0 Å². The van der Waals surface area contributed by atoms with Crippen LogP contribution in [-0.4, -0.2) is 50.3 Å². The van der Waals surface area contributed by atoms with Crippen molar-refractivity contribution in [2.75, 3.05) is 28.2 Å². The quantitative estimate of drug-likeness (QED) is 0.744. The SMILES string of the molecule is CN(C)OC(=O)c1ccccc1C(=O)ON(C)C. The third-order valence-electron chi connectivity index (χ3n) is 1.90. The van der Waals surface area contributed by atoms with Crippen molar-refractivity contribution in [2.45, 2.75) is 0 Å². The summed E-state index contributed by atoms with van der Waals surface area (Å²) in [7, 11) is 6.33. The van der Waals surface area contributed by atoms with Crippen LogP contribution in [0.2, 0.25) is 0 Å². The van der Waals surface area contributed by atoms with Crippen molar-refractivity contribution in [1.29, 1.82) is 0 Å². The van der Waals surface area contributed by atoms with Crippen LogP contribution in [0.5, 0.6) is 0 Å². The van der Waals surface area contributed by atoms with Crippen LogP contribution in [0.15, 0.2) is 24.3 Å². The van der Waals surface area contributed by atoms with Crippen LogP contribution in [0.3, 0.4) is 0 Å². The molecule has 0 fully saturated rings. The minimum atomic E-state index is -0.605. The summed E-state index contributed by atoms with van der Waals surface area (Å²) < 4.78 is 0. The molecule has 0 aliphatic rings. The van der Waals surface area contributed by atoms with Gasteiger partial charge in [0, 0.05) is 28.2 Å².